The zero-order valence-corrected chi connectivity index (χ0v) is 8.45. The molecule has 0 aliphatic rings. The Morgan fingerprint density at radius 1 is 1.57 bits per heavy atom. The van der Waals surface area contributed by atoms with Crippen molar-refractivity contribution in [3.63, 3.8) is 0 Å². The highest BCUT2D eigenvalue weighted by Gasteiger charge is 2.08. The molecule has 0 fully saturated rings. The molecule has 3 heteroatoms. The number of esters is 1. The van der Waals surface area contributed by atoms with Crippen molar-refractivity contribution < 1.29 is 13.9 Å². The van der Waals surface area contributed by atoms with Crippen LogP contribution in [-0.2, 0) is 9.53 Å². The van der Waals surface area contributed by atoms with Crippen LogP contribution in [0, 0.1) is 0 Å². The molecule has 0 aliphatic heterocycles. The first-order valence-electron chi connectivity index (χ1n) is 4.69. The topological polar surface area (TPSA) is 39.4 Å². The Balaban J connectivity index is 2.75. The summed E-state index contributed by atoms with van der Waals surface area (Å²) in [5.74, 6) is 0.404. The average Bonchev–Trinajstić information content (AvgIpc) is 2.66. The average molecular weight is 194 g/mol. The molecule has 1 heterocycles. The minimum atomic E-state index is -0.272. The fourth-order valence-corrected chi connectivity index (χ4v) is 1.07. The summed E-state index contributed by atoms with van der Waals surface area (Å²) in [5, 5.41) is 0. The maximum atomic E-state index is 11.4. The van der Waals surface area contributed by atoms with Crippen molar-refractivity contribution >= 4 is 12.0 Å². The zero-order valence-electron chi connectivity index (χ0n) is 8.45. The minimum Gasteiger partial charge on any atom is -0.465 e. The third-order valence-corrected chi connectivity index (χ3v) is 1.78. The molecule has 14 heavy (non-hydrogen) atoms. The SMILES string of the molecule is CCOC(=O)/C(=C/c1ccco1)CC. The second-order valence-corrected chi connectivity index (χ2v) is 2.76. The molecule has 0 aromatic carbocycles. The summed E-state index contributed by atoms with van der Waals surface area (Å²) in [5.41, 5.74) is 0.627. The fraction of sp³-hybridized carbons (Fsp3) is 0.364. The van der Waals surface area contributed by atoms with Crippen LogP contribution >= 0.6 is 0 Å². The van der Waals surface area contributed by atoms with Gasteiger partial charge in [0.15, 0.2) is 0 Å². The Morgan fingerprint density at radius 3 is 2.86 bits per heavy atom. The van der Waals surface area contributed by atoms with Crippen LogP contribution in [0.5, 0.6) is 0 Å². The van der Waals surface area contributed by atoms with Crippen LogP contribution < -0.4 is 0 Å². The monoisotopic (exact) mass is 194 g/mol. The van der Waals surface area contributed by atoms with E-state index in [0.717, 1.165) is 0 Å². The van der Waals surface area contributed by atoms with Gasteiger partial charge in [-0.25, -0.2) is 4.79 Å². The van der Waals surface area contributed by atoms with Crippen molar-refractivity contribution in [3.8, 4) is 0 Å². The normalized spacial score (nSPS) is 11.4. The van der Waals surface area contributed by atoms with E-state index in [4.69, 9.17) is 9.15 Å². The van der Waals surface area contributed by atoms with Gasteiger partial charge >= 0.3 is 5.97 Å². The van der Waals surface area contributed by atoms with Gasteiger partial charge in [0.1, 0.15) is 5.76 Å². The second-order valence-electron chi connectivity index (χ2n) is 2.76. The molecule has 0 spiro atoms. The van der Waals surface area contributed by atoms with Gasteiger partial charge in [-0.3, -0.25) is 0 Å². The number of rotatable bonds is 4. The Morgan fingerprint density at radius 2 is 2.36 bits per heavy atom. The third kappa shape index (κ3) is 2.76. The van der Waals surface area contributed by atoms with Crippen LogP contribution in [0.4, 0.5) is 0 Å². The van der Waals surface area contributed by atoms with Gasteiger partial charge in [0, 0.05) is 5.57 Å². The van der Waals surface area contributed by atoms with E-state index in [0.29, 0.717) is 24.4 Å². The van der Waals surface area contributed by atoms with Crippen molar-refractivity contribution in [2.75, 3.05) is 6.61 Å². The van der Waals surface area contributed by atoms with Crippen LogP contribution in [0.15, 0.2) is 28.4 Å². The Bertz CT molecular complexity index is 309. The highest BCUT2D eigenvalue weighted by molar-refractivity contribution is 5.93. The largest absolute Gasteiger partial charge is 0.465 e. The van der Waals surface area contributed by atoms with E-state index in [2.05, 4.69) is 0 Å². The summed E-state index contributed by atoms with van der Waals surface area (Å²) < 4.78 is 10.0. The van der Waals surface area contributed by atoms with E-state index in [1.807, 2.05) is 6.92 Å². The molecular formula is C11H14O3. The van der Waals surface area contributed by atoms with E-state index in [1.165, 1.54) is 0 Å². The molecule has 0 unspecified atom stereocenters. The summed E-state index contributed by atoms with van der Waals surface area (Å²) in [6.45, 7) is 4.10. The standard InChI is InChI=1S/C11H14O3/c1-3-9(11(12)13-4-2)8-10-6-5-7-14-10/h5-8H,3-4H2,1-2H3/b9-8+. The number of ether oxygens (including phenoxy) is 1. The van der Waals surface area contributed by atoms with Gasteiger partial charge in [-0.15, -0.1) is 0 Å². The number of furan rings is 1. The molecule has 0 radical (unpaired) electrons. The molecule has 1 aromatic heterocycles. The van der Waals surface area contributed by atoms with Crippen LogP contribution in [0.1, 0.15) is 26.0 Å². The molecule has 3 nitrogen and oxygen atoms in total. The zero-order chi connectivity index (χ0) is 10.4. The Kier molecular flexibility index (Phi) is 3.98. The molecule has 0 atom stereocenters. The summed E-state index contributed by atoms with van der Waals surface area (Å²) in [4.78, 5) is 11.4. The summed E-state index contributed by atoms with van der Waals surface area (Å²) in [6.07, 6.45) is 3.92. The van der Waals surface area contributed by atoms with Crippen LogP contribution in [0.2, 0.25) is 0 Å². The van der Waals surface area contributed by atoms with E-state index in [9.17, 15) is 4.79 Å². The lowest BCUT2D eigenvalue weighted by molar-refractivity contribution is -0.138. The Hall–Kier alpha value is -1.51. The number of hydrogen-bond donors (Lipinski definition) is 0. The molecule has 1 aromatic rings. The summed E-state index contributed by atoms with van der Waals surface area (Å²) in [7, 11) is 0. The lowest BCUT2D eigenvalue weighted by Gasteiger charge is -2.02. The van der Waals surface area contributed by atoms with Crippen molar-refractivity contribution in [3.05, 3.63) is 29.7 Å². The van der Waals surface area contributed by atoms with Crippen LogP contribution in [-0.4, -0.2) is 12.6 Å². The van der Waals surface area contributed by atoms with E-state index in [-0.39, 0.29) is 5.97 Å². The fourth-order valence-electron chi connectivity index (χ4n) is 1.07. The van der Waals surface area contributed by atoms with Gasteiger partial charge in [0.25, 0.3) is 0 Å². The smallest absolute Gasteiger partial charge is 0.334 e. The van der Waals surface area contributed by atoms with E-state index >= 15 is 0 Å². The Labute approximate surface area is 83.4 Å². The quantitative estimate of drug-likeness (QED) is 0.546. The number of carbonyl (C=O) groups is 1. The molecule has 0 saturated carbocycles. The van der Waals surface area contributed by atoms with Gasteiger partial charge in [-0.05, 0) is 31.6 Å². The van der Waals surface area contributed by atoms with Crippen LogP contribution in [0.25, 0.3) is 6.08 Å². The molecule has 0 aliphatic carbocycles. The highest BCUT2D eigenvalue weighted by Crippen LogP contribution is 2.11. The van der Waals surface area contributed by atoms with Gasteiger partial charge < -0.3 is 9.15 Å². The number of hydrogen-bond acceptors (Lipinski definition) is 3. The molecule has 76 valence electrons. The van der Waals surface area contributed by atoms with Gasteiger partial charge in [0.2, 0.25) is 0 Å². The van der Waals surface area contributed by atoms with Crippen molar-refractivity contribution in [2.45, 2.75) is 20.3 Å². The summed E-state index contributed by atoms with van der Waals surface area (Å²) >= 11 is 0. The van der Waals surface area contributed by atoms with Crippen molar-refractivity contribution in [2.24, 2.45) is 0 Å². The van der Waals surface area contributed by atoms with Gasteiger partial charge in [-0.1, -0.05) is 6.92 Å². The van der Waals surface area contributed by atoms with Gasteiger partial charge in [0.05, 0.1) is 12.9 Å². The minimum absolute atomic E-state index is 0.272. The van der Waals surface area contributed by atoms with Crippen LogP contribution in [0.3, 0.4) is 0 Å². The predicted molar refractivity (Wildman–Crippen MR) is 53.6 cm³/mol. The second kappa shape index (κ2) is 5.27. The summed E-state index contributed by atoms with van der Waals surface area (Å²) in [6, 6.07) is 3.58. The van der Waals surface area contributed by atoms with E-state index in [1.54, 1.807) is 31.4 Å². The van der Waals surface area contributed by atoms with Gasteiger partial charge in [-0.2, -0.15) is 0 Å². The molecule has 0 amide bonds. The molecule has 0 saturated heterocycles. The lowest BCUT2D eigenvalue weighted by Crippen LogP contribution is -2.06. The molecule has 0 N–H and O–H groups in total. The first-order valence-corrected chi connectivity index (χ1v) is 4.69. The maximum absolute atomic E-state index is 11.4. The predicted octanol–water partition coefficient (Wildman–Crippen LogP) is 2.64. The first kappa shape index (κ1) is 10.6. The molecular weight excluding hydrogens is 180 g/mol. The van der Waals surface area contributed by atoms with E-state index < -0.39 is 0 Å². The lowest BCUT2D eigenvalue weighted by atomic mass is 10.2. The van der Waals surface area contributed by atoms with Crippen molar-refractivity contribution in [1.82, 2.24) is 0 Å². The van der Waals surface area contributed by atoms with Crippen molar-refractivity contribution in [1.29, 1.82) is 0 Å². The highest BCUT2D eigenvalue weighted by atomic mass is 16.5. The molecule has 1 rings (SSSR count). The molecule has 0 bridgehead atoms. The third-order valence-electron chi connectivity index (χ3n) is 1.78. The maximum Gasteiger partial charge on any atom is 0.334 e. The number of carbonyl (C=O) groups excluding carboxylic acids is 1. The first-order chi connectivity index (χ1) is 6.77.